The smallest absolute Gasteiger partial charge is 0.146 e. The van der Waals surface area contributed by atoms with Gasteiger partial charge in [0.25, 0.3) is 0 Å². The Labute approximate surface area is 120 Å². The summed E-state index contributed by atoms with van der Waals surface area (Å²) in [5.41, 5.74) is 3.14. The maximum absolute atomic E-state index is 13.9. The zero-order valence-electron chi connectivity index (χ0n) is 11.7. The summed E-state index contributed by atoms with van der Waals surface area (Å²) in [4.78, 5) is 0. The molecule has 1 aromatic carbocycles. The van der Waals surface area contributed by atoms with Crippen molar-refractivity contribution in [1.82, 2.24) is 30.0 Å². The van der Waals surface area contributed by atoms with E-state index >= 15 is 0 Å². The summed E-state index contributed by atoms with van der Waals surface area (Å²) < 4.78 is 17.1. The van der Waals surface area contributed by atoms with Crippen molar-refractivity contribution in [3.63, 3.8) is 0 Å². The average Bonchev–Trinajstić information content (AvgIpc) is 3.11. The van der Waals surface area contributed by atoms with E-state index in [2.05, 4.69) is 25.9 Å². The molecule has 8 heteroatoms. The minimum atomic E-state index is -0.326. The molecule has 0 amide bonds. The van der Waals surface area contributed by atoms with Crippen molar-refractivity contribution in [3.05, 3.63) is 47.8 Å². The van der Waals surface area contributed by atoms with Crippen LogP contribution in [0.25, 0.3) is 5.69 Å². The molecule has 0 fully saturated rings. The van der Waals surface area contributed by atoms with Gasteiger partial charge in [0.15, 0.2) is 0 Å². The van der Waals surface area contributed by atoms with Gasteiger partial charge in [-0.3, -0.25) is 4.68 Å². The number of nitrogens with one attached hydrogen (secondary N) is 1. The number of anilines is 1. The van der Waals surface area contributed by atoms with Crippen molar-refractivity contribution >= 4 is 5.69 Å². The minimum absolute atomic E-state index is 0.326. The van der Waals surface area contributed by atoms with Crippen molar-refractivity contribution in [2.45, 2.75) is 13.5 Å². The number of hydrogen-bond acceptors (Lipinski definition) is 5. The highest BCUT2D eigenvalue weighted by molar-refractivity contribution is 5.52. The standard InChI is InChI=1S/C13H14FN7/c1-9-10(7-17-20(9)2)6-15-13-5-11(3-4-12(13)14)21-8-16-18-19-21/h3-5,7-8,15H,6H2,1-2H3. The van der Waals surface area contributed by atoms with Crippen molar-refractivity contribution in [2.75, 3.05) is 5.32 Å². The van der Waals surface area contributed by atoms with Crippen molar-refractivity contribution in [2.24, 2.45) is 7.05 Å². The van der Waals surface area contributed by atoms with E-state index in [1.807, 2.05) is 14.0 Å². The molecule has 21 heavy (non-hydrogen) atoms. The average molecular weight is 287 g/mol. The van der Waals surface area contributed by atoms with E-state index in [0.29, 0.717) is 17.9 Å². The molecule has 0 spiro atoms. The molecule has 2 heterocycles. The molecular formula is C13H14FN7. The van der Waals surface area contributed by atoms with Gasteiger partial charge in [0, 0.05) is 24.8 Å². The summed E-state index contributed by atoms with van der Waals surface area (Å²) in [5.74, 6) is -0.326. The summed E-state index contributed by atoms with van der Waals surface area (Å²) in [6, 6.07) is 4.67. The van der Waals surface area contributed by atoms with Gasteiger partial charge in [-0.15, -0.1) is 5.10 Å². The normalized spacial score (nSPS) is 10.8. The Hall–Kier alpha value is -2.77. The predicted molar refractivity (Wildman–Crippen MR) is 74.4 cm³/mol. The molecule has 1 N–H and O–H groups in total. The maximum Gasteiger partial charge on any atom is 0.146 e. The van der Waals surface area contributed by atoms with Crippen LogP contribution in [-0.4, -0.2) is 30.0 Å². The Kier molecular flexibility index (Phi) is 3.35. The molecule has 0 aliphatic carbocycles. The Morgan fingerprint density at radius 3 is 2.86 bits per heavy atom. The number of tetrazole rings is 1. The molecule has 0 radical (unpaired) electrons. The predicted octanol–water partition coefficient (Wildman–Crippen LogP) is 1.46. The van der Waals surface area contributed by atoms with Crippen LogP contribution in [-0.2, 0) is 13.6 Å². The fourth-order valence-electron chi connectivity index (χ4n) is 1.98. The van der Waals surface area contributed by atoms with Crippen LogP contribution >= 0.6 is 0 Å². The zero-order chi connectivity index (χ0) is 14.8. The quantitative estimate of drug-likeness (QED) is 0.786. The third kappa shape index (κ3) is 2.60. The first-order valence-electron chi connectivity index (χ1n) is 6.39. The number of hydrogen-bond donors (Lipinski definition) is 1. The van der Waals surface area contributed by atoms with Crippen LogP contribution in [0.5, 0.6) is 0 Å². The highest BCUT2D eigenvalue weighted by Crippen LogP contribution is 2.19. The van der Waals surface area contributed by atoms with E-state index < -0.39 is 0 Å². The van der Waals surface area contributed by atoms with Crippen LogP contribution in [0.4, 0.5) is 10.1 Å². The largest absolute Gasteiger partial charge is 0.378 e. The van der Waals surface area contributed by atoms with Crippen molar-refractivity contribution in [1.29, 1.82) is 0 Å². The lowest BCUT2D eigenvalue weighted by Crippen LogP contribution is -2.04. The number of benzene rings is 1. The van der Waals surface area contributed by atoms with Gasteiger partial charge in [0.2, 0.25) is 0 Å². The van der Waals surface area contributed by atoms with E-state index in [9.17, 15) is 4.39 Å². The van der Waals surface area contributed by atoms with Crippen LogP contribution in [0.2, 0.25) is 0 Å². The molecule has 0 aliphatic heterocycles. The first-order valence-corrected chi connectivity index (χ1v) is 6.39. The van der Waals surface area contributed by atoms with Gasteiger partial charge in [-0.25, -0.2) is 9.07 Å². The zero-order valence-corrected chi connectivity index (χ0v) is 11.7. The van der Waals surface area contributed by atoms with Crippen LogP contribution in [0.15, 0.2) is 30.7 Å². The first-order chi connectivity index (χ1) is 10.1. The maximum atomic E-state index is 13.9. The van der Waals surface area contributed by atoms with Gasteiger partial charge in [-0.1, -0.05) is 0 Å². The molecule has 3 rings (SSSR count). The molecule has 0 saturated heterocycles. The van der Waals surface area contributed by atoms with E-state index in [1.54, 1.807) is 23.0 Å². The molecule has 0 atom stereocenters. The van der Waals surface area contributed by atoms with E-state index in [0.717, 1.165) is 11.3 Å². The van der Waals surface area contributed by atoms with Crippen LogP contribution in [0, 0.1) is 12.7 Å². The first kappa shape index (κ1) is 13.2. The van der Waals surface area contributed by atoms with Gasteiger partial charge in [-0.05, 0) is 35.5 Å². The lowest BCUT2D eigenvalue weighted by molar-refractivity contribution is 0.629. The summed E-state index contributed by atoms with van der Waals surface area (Å²) >= 11 is 0. The van der Waals surface area contributed by atoms with Crippen molar-refractivity contribution < 1.29 is 4.39 Å². The van der Waals surface area contributed by atoms with Crippen LogP contribution < -0.4 is 5.32 Å². The molecule has 0 aliphatic rings. The highest BCUT2D eigenvalue weighted by atomic mass is 19.1. The summed E-state index contributed by atoms with van der Waals surface area (Å²) in [6.45, 7) is 2.47. The number of rotatable bonds is 4. The summed E-state index contributed by atoms with van der Waals surface area (Å²) in [7, 11) is 1.87. The second-order valence-corrected chi connectivity index (χ2v) is 4.65. The highest BCUT2D eigenvalue weighted by Gasteiger charge is 2.08. The van der Waals surface area contributed by atoms with Gasteiger partial charge >= 0.3 is 0 Å². The summed E-state index contributed by atoms with van der Waals surface area (Å²) in [5, 5.41) is 18.2. The van der Waals surface area contributed by atoms with Gasteiger partial charge in [-0.2, -0.15) is 5.10 Å². The molecule has 108 valence electrons. The fraction of sp³-hybridized carbons (Fsp3) is 0.231. The Bertz CT molecular complexity index is 748. The SMILES string of the molecule is Cc1c(CNc2cc(-n3cnnn3)ccc2F)cnn1C. The fourth-order valence-corrected chi connectivity index (χ4v) is 1.98. The molecule has 3 aromatic rings. The number of halogens is 1. The molecule has 0 unspecified atom stereocenters. The van der Waals surface area contributed by atoms with Gasteiger partial charge in [0.1, 0.15) is 12.1 Å². The minimum Gasteiger partial charge on any atom is -0.378 e. The lowest BCUT2D eigenvalue weighted by atomic mass is 10.2. The van der Waals surface area contributed by atoms with Crippen LogP contribution in [0.1, 0.15) is 11.3 Å². The molecular weight excluding hydrogens is 273 g/mol. The van der Waals surface area contributed by atoms with Gasteiger partial charge < -0.3 is 5.32 Å². The number of aromatic nitrogens is 6. The van der Waals surface area contributed by atoms with E-state index in [1.165, 1.54) is 17.1 Å². The topological polar surface area (TPSA) is 73.5 Å². The van der Waals surface area contributed by atoms with E-state index in [-0.39, 0.29) is 5.82 Å². The molecule has 2 aromatic heterocycles. The van der Waals surface area contributed by atoms with E-state index in [4.69, 9.17) is 0 Å². The monoisotopic (exact) mass is 287 g/mol. The van der Waals surface area contributed by atoms with Crippen molar-refractivity contribution in [3.8, 4) is 5.69 Å². The van der Waals surface area contributed by atoms with Gasteiger partial charge in [0.05, 0.1) is 17.6 Å². The Balaban J connectivity index is 1.82. The second-order valence-electron chi connectivity index (χ2n) is 4.65. The third-order valence-electron chi connectivity index (χ3n) is 3.37. The number of nitrogens with zero attached hydrogens (tertiary/aromatic N) is 6. The molecule has 7 nitrogen and oxygen atoms in total. The third-order valence-corrected chi connectivity index (χ3v) is 3.37. The molecule has 0 bridgehead atoms. The van der Waals surface area contributed by atoms with Crippen LogP contribution in [0.3, 0.4) is 0 Å². The second kappa shape index (κ2) is 5.31. The molecule has 0 saturated carbocycles. The Morgan fingerprint density at radius 2 is 2.19 bits per heavy atom. The lowest BCUT2D eigenvalue weighted by Gasteiger charge is -2.09. The summed E-state index contributed by atoms with van der Waals surface area (Å²) in [6.07, 6.45) is 3.23. The Morgan fingerprint density at radius 1 is 1.33 bits per heavy atom. The number of aryl methyl sites for hydroxylation is 1.